The van der Waals surface area contributed by atoms with E-state index in [4.69, 9.17) is 9.88 Å². The van der Waals surface area contributed by atoms with E-state index in [-0.39, 0.29) is 17.1 Å². The number of primary sulfonamides is 1. The van der Waals surface area contributed by atoms with Crippen molar-refractivity contribution in [2.45, 2.75) is 11.8 Å². The average Bonchev–Trinajstić information content (AvgIpc) is 2.66. The van der Waals surface area contributed by atoms with Crippen LogP contribution in [0, 0.1) is 0 Å². The van der Waals surface area contributed by atoms with Crippen LogP contribution in [-0.2, 0) is 14.8 Å². The Bertz CT molecular complexity index is 1010. The van der Waals surface area contributed by atoms with Crippen molar-refractivity contribution in [3.8, 4) is 5.75 Å². The molecule has 0 heterocycles. The number of rotatable bonds is 8. The van der Waals surface area contributed by atoms with Crippen LogP contribution in [0.4, 0.5) is 11.4 Å². The van der Waals surface area contributed by atoms with Gasteiger partial charge < -0.3 is 20.3 Å². The van der Waals surface area contributed by atoms with Crippen molar-refractivity contribution in [2.24, 2.45) is 5.14 Å². The molecule has 156 valence electrons. The van der Waals surface area contributed by atoms with E-state index < -0.39 is 21.8 Å². The van der Waals surface area contributed by atoms with Crippen LogP contribution < -0.4 is 25.4 Å². The Kier molecular flexibility index (Phi) is 7.18. The zero-order chi connectivity index (χ0) is 21.6. The molecule has 0 atom stereocenters. The summed E-state index contributed by atoms with van der Waals surface area (Å²) in [5.41, 5.74) is 1.15. The van der Waals surface area contributed by atoms with Crippen LogP contribution in [0.1, 0.15) is 17.3 Å². The maximum atomic E-state index is 12.4. The number of nitrogens with zero attached hydrogens (tertiary/aromatic N) is 1. The summed E-state index contributed by atoms with van der Waals surface area (Å²) in [4.78, 5) is 26.3. The molecule has 0 spiro atoms. The highest BCUT2D eigenvalue weighted by atomic mass is 32.2. The predicted molar refractivity (Wildman–Crippen MR) is 111 cm³/mol. The molecule has 0 saturated heterocycles. The molecule has 10 heteroatoms. The second-order valence-corrected chi connectivity index (χ2v) is 7.84. The van der Waals surface area contributed by atoms with Crippen molar-refractivity contribution in [1.82, 2.24) is 5.32 Å². The Labute approximate surface area is 169 Å². The molecule has 0 saturated carbocycles. The minimum absolute atomic E-state index is 0.131. The van der Waals surface area contributed by atoms with Gasteiger partial charge in [0.25, 0.3) is 5.91 Å². The highest BCUT2D eigenvalue weighted by molar-refractivity contribution is 7.89. The van der Waals surface area contributed by atoms with Crippen molar-refractivity contribution in [1.29, 1.82) is 0 Å². The van der Waals surface area contributed by atoms with Crippen molar-refractivity contribution in [2.75, 3.05) is 37.5 Å². The Morgan fingerprint density at radius 2 is 1.83 bits per heavy atom. The monoisotopic (exact) mass is 420 g/mol. The smallest absolute Gasteiger partial charge is 0.255 e. The lowest BCUT2D eigenvalue weighted by Gasteiger charge is -2.19. The Morgan fingerprint density at radius 3 is 2.45 bits per heavy atom. The molecule has 0 aromatic heterocycles. The lowest BCUT2D eigenvalue weighted by atomic mass is 10.2. The first-order valence-electron chi connectivity index (χ1n) is 8.77. The molecule has 2 aromatic rings. The zero-order valence-electron chi connectivity index (χ0n) is 16.4. The van der Waals surface area contributed by atoms with Gasteiger partial charge in [-0.1, -0.05) is 12.1 Å². The van der Waals surface area contributed by atoms with Crippen LogP contribution in [0.5, 0.6) is 5.75 Å². The standard InChI is InChI=1S/C19H24N4O5S/c1-4-28-17-8-6-5-7-14(17)19(25)21-12-18(24)22-15-11-13(29(20,26)27)9-10-16(15)23(2)3/h5-11H,4,12H2,1-3H3,(H,21,25)(H,22,24)(H2,20,26,27). The van der Waals surface area contributed by atoms with Crippen LogP contribution in [0.15, 0.2) is 47.4 Å². The fourth-order valence-corrected chi connectivity index (χ4v) is 3.11. The summed E-state index contributed by atoms with van der Waals surface area (Å²) in [6.45, 7) is 1.89. The summed E-state index contributed by atoms with van der Waals surface area (Å²) < 4.78 is 28.6. The highest BCUT2D eigenvalue weighted by Gasteiger charge is 2.16. The Hall–Kier alpha value is -3.11. The van der Waals surface area contributed by atoms with Gasteiger partial charge in [0.15, 0.2) is 0 Å². The molecule has 0 radical (unpaired) electrons. The van der Waals surface area contributed by atoms with Crippen molar-refractivity contribution < 1.29 is 22.7 Å². The number of sulfonamides is 1. The molecule has 0 unspecified atom stereocenters. The first-order valence-corrected chi connectivity index (χ1v) is 10.3. The van der Waals surface area contributed by atoms with Crippen molar-refractivity contribution in [3.63, 3.8) is 0 Å². The number of carbonyl (C=O) groups excluding carboxylic acids is 2. The Balaban J connectivity index is 2.12. The molecule has 2 amide bonds. The molecular weight excluding hydrogens is 396 g/mol. The van der Waals surface area contributed by atoms with Crippen LogP contribution >= 0.6 is 0 Å². The van der Waals surface area contributed by atoms with Gasteiger partial charge in [-0.2, -0.15) is 0 Å². The Morgan fingerprint density at radius 1 is 1.14 bits per heavy atom. The zero-order valence-corrected chi connectivity index (χ0v) is 17.2. The minimum atomic E-state index is -3.93. The van der Waals surface area contributed by atoms with E-state index in [0.29, 0.717) is 23.6 Å². The predicted octanol–water partition coefficient (Wildman–Crippen LogP) is 1.17. The molecule has 2 aromatic carbocycles. The third kappa shape index (κ3) is 5.93. The molecule has 0 aliphatic heterocycles. The molecule has 0 fully saturated rings. The minimum Gasteiger partial charge on any atom is -0.493 e. The van der Waals surface area contributed by atoms with E-state index >= 15 is 0 Å². The van der Waals surface area contributed by atoms with Gasteiger partial charge in [0.1, 0.15) is 5.75 Å². The number of hydrogen-bond acceptors (Lipinski definition) is 6. The van der Waals surface area contributed by atoms with Gasteiger partial charge in [0, 0.05) is 14.1 Å². The molecule has 0 aliphatic carbocycles. The fourth-order valence-electron chi connectivity index (χ4n) is 2.57. The first-order chi connectivity index (χ1) is 13.6. The first kappa shape index (κ1) is 22.2. The summed E-state index contributed by atoms with van der Waals surface area (Å²) in [5.74, 6) is -0.569. The number of nitrogens with two attached hydrogens (primary N) is 1. The van der Waals surface area contributed by atoms with Crippen LogP contribution in [-0.4, -0.2) is 47.5 Å². The molecule has 4 N–H and O–H groups in total. The van der Waals surface area contributed by atoms with Gasteiger partial charge >= 0.3 is 0 Å². The summed E-state index contributed by atoms with van der Waals surface area (Å²) in [6.07, 6.45) is 0. The van der Waals surface area contributed by atoms with Gasteiger partial charge in [-0.15, -0.1) is 0 Å². The van der Waals surface area contributed by atoms with E-state index in [9.17, 15) is 18.0 Å². The van der Waals surface area contributed by atoms with E-state index in [1.54, 1.807) is 50.2 Å². The number of amides is 2. The number of hydrogen-bond donors (Lipinski definition) is 3. The maximum Gasteiger partial charge on any atom is 0.255 e. The number of ether oxygens (including phenoxy) is 1. The van der Waals surface area contributed by atoms with Gasteiger partial charge in [-0.25, -0.2) is 13.6 Å². The molecule has 0 aliphatic rings. The number of anilines is 2. The SMILES string of the molecule is CCOc1ccccc1C(=O)NCC(=O)Nc1cc(S(N)(=O)=O)ccc1N(C)C. The van der Waals surface area contributed by atoms with Crippen molar-refractivity contribution >= 4 is 33.2 Å². The highest BCUT2D eigenvalue weighted by Crippen LogP contribution is 2.27. The molecular formula is C19H24N4O5S. The quantitative estimate of drug-likeness (QED) is 0.587. The molecule has 29 heavy (non-hydrogen) atoms. The van der Waals surface area contributed by atoms with Gasteiger partial charge in [0.2, 0.25) is 15.9 Å². The van der Waals surface area contributed by atoms with Gasteiger partial charge in [-0.05, 0) is 37.3 Å². The topological polar surface area (TPSA) is 131 Å². The molecule has 0 bridgehead atoms. The van der Waals surface area contributed by atoms with E-state index in [2.05, 4.69) is 10.6 Å². The second kappa shape index (κ2) is 9.39. The van der Waals surface area contributed by atoms with Crippen LogP contribution in [0.3, 0.4) is 0 Å². The summed E-state index contributed by atoms with van der Waals surface area (Å²) >= 11 is 0. The largest absolute Gasteiger partial charge is 0.493 e. The van der Waals surface area contributed by atoms with Crippen molar-refractivity contribution in [3.05, 3.63) is 48.0 Å². The molecule has 9 nitrogen and oxygen atoms in total. The van der Waals surface area contributed by atoms with Gasteiger partial charge in [-0.3, -0.25) is 9.59 Å². The number of carbonyl (C=O) groups is 2. The fraction of sp³-hybridized carbons (Fsp3) is 0.263. The summed E-state index contributed by atoms with van der Waals surface area (Å²) in [5, 5.41) is 10.3. The van der Waals surface area contributed by atoms with Crippen LogP contribution in [0.2, 0.25) is 0 Å². The van der Waals surface area contributed by atoms with Gasteiger partial charge in [0.05, 0.1) is 35.0 Å². The number of para-hydroxylation sites is 1. The van der Waals surface area contributed by atoms with E-state index in [1.807, 2.05) is 0 Å². The maximum absolute atomic E-state index is 12.4. The third-order valence-corrected chi connectivity index (χ3v) is 4.80. The lowest BCUT2D eigenvalue weighted by Crippen LogP contribution is -2.33. The summed E-state index contributed by atoms with van der Waals surface area (Å²) in [6, 6.07) is 10.9. The van der Waals surface area contributed by atoms with Crippen LogP contribution in [0.25, 0.3) is 0 Å². The van der Waals surface area contributed by atoms with E-state index in [1.165, 1.54) is 18.2 Å². The lowest BCUT2D eigenvalue weighted by molar-refractivity contribution is -0.115. The average molecular weight is 420 g/mol. The molecule has 2 rings (SSSR count). The normalized spacial score (nSPS) is 10.9. The third-order valence-electron chi connectivity index (χ3n) is 3.89. The van der Waals surface area contributed by atoms with E-state index in [0.717, 1.165) is 0 Å². The summed E-state index contributed by atoms with van der Waals surface area (Å²) in [7, 11) is -0.441. The number of nitrogens with one attached hydrogen (secondary N) is 2. The number of benzene rings is 2. The second-order valence-electron chi connectivity index (χ2n) is 6.28.